The van der Waals surface area contributed by atoms with E-state index in [1.165, 1.54) is 0 Å². The van der Waals surface area contributed by atoms with Crippen molar-refractivity contribution in [2.75, 3.05) is 0 Å². The lowest BCUT2D eigenvalue weighted by Crippen LogP contribution is -1.79. The van der Waals surface area contributed by atoms with Gasteiger partial charge in [-0.15, -0.1) is 10.2 Å². The Labute approximate surface area is 142 Å². The predicted molar refractivity (Wildman–Crippen MR) is 94.3 cm³/mol. The lowest BCUT2D eigenvalue weighted by molar-refractivity contribution is 1.13. The summed E-state index contributed by atoms with van der Waals surface area (Å²) in [5.41, 5.74) is 4.73. The number of rotatable bonds is 2. The molecule has 0 aliphatic rings. The number of nitrogens with zero attached hydrogens (tertiary/aromatic N) is 4. The molecule has 0 fully saturated rings. The quantitative estimate of drug-likeness (QED) is 0.472. The van der Waals surface area contributed by atoms with Crippen molar-refractivity contribution in [3.05, 3.63) is 64.7 Å². The fraction of sp³-hybridized carbons (Fsp3) is 0.0556. The van der Waals surface area contributed by atoms with Gasteiger partial charge < -0.3 is 4.98 Å². The molecular formula is C18H12ClN5. The minimum atomic E-state index is 0.580. The molecule has 0 saturated carbocycles. The van der Waals surface area contributed by atoms with Crippen LogP contribution < -0.4 is 0 Å². The zero-order valence-corrected chi connectivity index (χ0v) is 13.5. The maximum Gasteiger partial charge on any atom is 0.165 e. The molecule has 4 aromatic rings. The van der Waals surface area contributed by atoms with Crippen LogP contribution in [0.1, 0.15) is 11.1 Å². The number of H-pyrrole nitrogens is 1. The Morgan fingerprint density at radius 3 is 2.58 bits per heavy atom. The number of aromatic nitrogens is 2. The Hall–Kier alpha value is -3.10. The molecule has 0 spiro atoms. The highest BCUT2D eigenvalue weighted by atomic mass is 35.5. The molecule has 0 amide bonds. The first kappa shape index (κ1) is 14.5. The van der Waals surface area contributed by atoms with Crippen LogP contribution in [0.5, 0.6) is 0 Å². The summed E-state index contributed by atoms with van der Waals surface area (Å²) in [6.45, 7) is 1.88. The lowest BCUT2D eigenvalue weighted by atomic mass is 10.2. The van der Waals surface area contributed by atoms with Gasteiger partial charge in [-0.2, -0.15) is 5.26 Å². The average Bonchev–Trinajstić information content (AvgIpc) is 3.08. The molecule has 4 rings (SSSR count). The molecule has 116 valence electrons. The van der Waals surface area contributed by atoms with Gasteiger partial charge in [0, 0.05) is 10.6 Å². The molecule has 6 heteroatoms. The van der Waals surface area contributed by atoms with Crippen LogP contribution in [-0.2, 0) is 0 Å². The van der Waals surface area contributed by atoms with Crippen molar-refractivity contribution in [1.82, 2.24) is 9.38 Å². The fourth-order valence-corrected chi connectivity index (χ4v) is 2.93. The van der Waals surface area contributed by atoms with Crippen molar-refractivity contribution < 1.29 is 0 Å². The smallest absolute Gasteiger partial charge is 0.165 e. The minimum absolute atomic E-state index is 0.580. The number of nitrogens with one attached hydrogen (secondary N) is 1. The molecule has 2 heterocycles. The zero-order chi connectivity index (χ0) is 16.7. The molecule has 0 radical (unpaired) electrons. The van der Waals surface area contributed by atoms with Crippen molar-refractivity contribution in [3.8, 4) is 6.07 Å². The SMILES string of the molecule is Cc1c(C#N)c2[nH]c3ccccc3n2c1N=Nc1ccc(Cl)cc1. The third-order valence-corrected chi connectivity index (χ3v) is 4.23. The van der Waals surface area contributed by atoms with Crippen LogP contribution in [-0.4, -0.2) is 9.38 Å². The van der Waals surface area contributed by atoms with E-state index in [0.717, 1.165) is 22.2 Å². The average molecular weight is 334 g/mol. The van der Waals surface area contributed by atoms with Crippen molar-refractivity contribution in [2.24, 2.45) is 10.2 Å². The number of fused-ring (bicyclic) bond motifs is 3. The topological polar surface area (TPSA) is 68.7 Å². The monoisotopic (exact) mass is 333 g/mol. The van der Waals surface area contributed by atoms with E-state index >= 15 is 0 Å². The Balaban J connectivity index is 1.95. The first-order valence-electron chi connectivity index (χ1n) is 7.38. The number of nitriles is 1. The molecule has 5 nitrogen and oxygen atoms in total. The molecule has 24 heavy (non-hydrogen) atoms. The maximum atomic E-state index is 9.50. The summed E-state index contributed by atoms with van der Waals surface area (Å²) >= 11 is 5.89. The number of benzene rings is 2. The second-order valence-corrected chi connectivity index (χ2v) is 5.87. The van der Waals surface area contributed by atoms with E-state index in [2.05, 4.69) is 21.3 Å². The van der Waals surface area contributed by atoms with Gasteiger partial charge in [-0.3, -0.25) is 4.40 Å². The molecule has 2 aromatic heterocycles. The normalized spacial score (nSPS) is 11.5. The van der Waals surface area contributed by atoms with E-state index in [4.69, 9.17) is 11.6 Å². The molecule has 0 unspecified atom stereocenters. The third-order valence-electron chi connectivity index (χ3n) is 3.98. The van der Waals surface area contributed by atoms with Crippen LogP contribution in [0.2, 0.25) is 5.02 Å². The fourth-order valence-electron chi connectivity index (χ4n) is 2.80. The summed E-state index contributed by atoms with van der Waals surface area (Å²) in [5.74, 6) is 0.647. The number of hydrogen-bond acceptors (Lipinski definition) is 3. The molecule has 0 saturated heterocycles. The number of aromatic amines is 1. The maximum absolute atomic E-state index is 9.50. The molecule has 0 atom stereocenters. The number of hydrogen-bond donors (Lipinski definition) is 1. The standard InChI is InChI=1S/C18H12ClN5/c1-11-14(10-20)18-21-15-4-2-3-5-16(15)24(18)17(11)23-22-13-8-6-12(19)7-9-13/h2-9,21H,1H3. The van der Waals surface area contributed by atoms with Gasteiger partial charge in [-0.05, 0) is 43.3 Å². The third kappa shape index (κ3) is 2.16. The van der Waals surface area contributed by atoms with Gasteiger partial charge in [0.05, 0.1) is 22.3 Å². The molecule has 0 aliphatic carbocycles. The van der Waals surface area contributed by atoms with Crippen LogP contribution in [0.3, 0.4) is 0 Å². The van der Waals surface area contributed by atoms with E-state index in [-0.39, 0.29) is 0 Å². The van der Waals surface area contributed by atoms with Gasteiger partial charge >= 0.3 is 0 Å². The van der Waals surface area contributed by atoms with E-state index < -0.39 is 0 Å². The lowest BCUT2D eigenvalue weighted by Gasteiger charge is -1.97. The predicted octanol–water partition coefficient (Wildman–Crippen LogP) is 5.67. The molecule has 0 aliphatic heterocycles. The van der Waals surface area contributed by atoms with Crippen LogP contribution in [0.25, 0.3) is 16.7 Å². The highest BCUT2D eigenvalue weighted by Gasteiger charge is 2.18. The van der Waals surface area contributed by atoms with Gasteiger partial charge in [0.25, 0.3) is 0 Å². The van der Waals surface area contributed by atoms with Gasteiger partial charge in [-0.25, -0.2) is 0 Å². The van der Waals surface area contributed by atoms with Gasteiger partial charge in [0.1, 0.15) is 11.7 Å². The minimum Gasteiger partial charge on any atom is -0.338 e. The van der Waals surface area contributed by atoms with Crippen molar-refractivity contribution in [1.29, 1.82) is 5.26 Å². The van der Waals surface area contributed by atoms with Crippen LogP contribution in [0.15, 0.2) is 58.8 Å². The highest BCUT2D eigenvalue weighted by Crippen LogP contribution is 2.33. The van der Waals surface area contributed by atoms with Crippen molar-refractivity contribution in [2.45, 2.75) is 6.92 Å². The highest BCUT2D eigenvalue weighted by molar-refractivity contribution is 6.30. The van der Waals surface area contributed by atoms with Crippen molar-refractivity contribution in [3.63, 3.8) is 0 Å². The summed E-state index contributed by atoms with van der Waals surface area (Å²) in [5, 5.41) is 18.8. The van der Waals surface area contributed by atoms with E-state index in [0.29, 0.717) is 22.1 Å². The number of azo groups is 1. The van der Waals surface area contributed by atoms with E-state index in [1.807, 2.05) is 35.6 Å². The Morgan fingerprint density at radius 1 is 1.08 bits per heavy atom. The molecule has 1 N–H and O–H groups in total. The van der Waals surface area contributed by atoms with Crippen LogP contribution >= 0.6 is 11.6 Å². The van der Waals surface area contributed by atoms with Gasteiger partial charge in [0.15, 0.2) is 5.82 Å². The van der Waals surface area contributed by atoms with Crippen LogP contribution in [0, 0.1) is 18.3 Å². The van der Waals surface area contributed by atoms with Gasteiger partial charge in [0.2, 0.25) is 0 Å². The summed E-state index contributed by atoms with van der Waals surface area (Å²) in [7, 11) is 0. The summed E-state index contributed by atoms with van der Waals surface area (Å²) in [6, 6.07) is 17.2. The Kier molecular flexibility index (Phi) is 3.33. The molecule has 0 bridgehead atoms. The second kappa shape index (κ2) is 5.52. The summed E-state index contributed by atoms with van der Waals surface area (Å²) < 4.78 is 1.93. The summed E-state index contributed by atoms with van der Waals surface area (Å²) in [6.07, 6.45) is 0. The molecule has 2 aromatic carbocycles. The first-order chi connectivity index (χ1) is 11.7. The first-order valence-corrected chi connectivity index (χ1v) is 7.76. The second-order valence-electron chi connectivity index (χ2n) is 5.44. The van der Waals surface area contributed by atoms with Crippen LogP contribution in [0.4, 0.5) is 11.5 Å². The van der Waals surface area contributed by atoms with Crippen molar-refractivity contribution >= 4 is 39.8 Å². The number of halogens is 1. The number of imidazole rings is 1. The number of para-hydroxylation sites is 2. The molecular weight excluding hydrogens is 322 g/mol. The van der Waals surface area contributed by atoms with Gasteiger partial charge in [-0.1, -0.05) is 23.7 Å². The zero-order valence-electron chi connectivity index (χ0n) is 12.8. The largest absolute Gasteiger partial charge is 0.338 e. The Bertz CT molecular complexity index is 1130. The summed E-state index contributed by atoms with van der Waals surface area (Å²) in [4.78, 5) is 3.29. The van der Waals surface area contributed by atoms with E-state index in [1.54, 1.807) is 24.3 Å². The Morgan fingerprint density at radius 2 is 1.83 bits per heavy atom. The van der Waals surface area contributed by atoms with E-state index in [9.17, 15) is 5.26 Å².